The second-order valence-electron chi connectivity index (χ2n) is 1.36. The van der Waals surface area contributed by atoms with Crippen molar-refractivity contribution in [3.63, 3.8) is 0 Å². The molecule has 0 saturated carbocycles. The molecule has 1 aromatic rings. The molecule has 42 valence electrons. The molecular weight excluding hydrogens is 448 g/mol. The Hall–Kier alpha value is 0.457. The fraction of sp³-hybridized carbons (Fsp3) is 0. The molecule has 1 rings (SSSR count). The summed E-state index contributed by atoms with van der Waals surface area (Å²) in [6.07, 6.45) is 0. The van der Waals surface area contributed by atoms with Crippen LogP contribution in [0.4, 0.5) is 0 Å². The topological polar surface area (TPSA) is 40.5 Å². The Morgan fingerprint density at radius 3 is 1.25 bits per heavy atom. The van der Waals surface area contributed by atoms with Crippen LogP contribution < -0.4 is 0 Å². The van der Waals surface area contributed by atoms with Crippen molar-refractivity contribution in [3.05, 3.63) is 7.09 Å². The van der Waals surface area contributed by atoms with E-state index in [0.29, 0.717) is 0 Å². The first kappa shape index (κ1) is 6.57. The summed E-state index contributed by atoms with van der Waals surface area (Å²) < 4.78 is 1.83. The fourth-order valence-corrected chi connectivity index (χ4v) is 1.76. The third-order valence-corrected chi connectivity index (χ3v) is 5.73. The molecule has 0 atom stereocenters. The van der Waals surface area contributed by atoms with Gasteiger partial charge in [0, 0.05) is 0 Å². The zero-order chi connectivity index (χ0) is 6.31. The Bertz CT molecular complexity index is 252. The van der Waals surface area contributed by atoms with Gasteiger partial charge in [-0.15, -0.1) is 0 Å². The van der Waals surface area contributed by atoms with Gasteiger partial charge < -0.3 is 0 Å². The maximum absolute atomic E-state index is 8.76. The molecule has 2 nitrogen and oxygen atoms in total. The van der Waals surface area contributed by atoms with Gasteiger partial charge in [-0.1, -0.05) is 0 Å². The van der Waals surface area contributed by atoms with E-state index < -0.39 is 0 Å². The molecule has 0 aromatic heterocycles. The Morgan fingerprint density at radius 2 is 1.12 bits per heavy atom. The molecule has 0 saturated heterocycles. The summed E-state index contributed by atoms with van der Waals surface area (Å²) in [4.78, 5) is 0. The third-order valence-electron chi connectivity index (χ3n) is 0.861. The van der Waals surface area contributed by atoms with Gasteiger partial charge in [0.25, 0.3) is 0 Å². The van der Waals surface area contributed by atoms with Gasteiger partial charge in [0.2, 0.25) is 0 Å². The monoisotopic (exact) mass is 450 g/mol. The standard InChI is InChI=1S/C4H2O2.2W/c5-3-1-2-4(3)6;;/h5-6H;;. The average Bonchev–Trinajstić information content (AvgIpc) is 1.83. The Kier molecular flexibility index (Phi) is 1.65. The van der Waals surface area contributed by atoms with Gasteiger partial charge >= 0.3 is 67.5 Å². The number of aromatic hydroxyl groups is 2. The predicted molar refractivity (Wildman–Crippen MR) is 18.6 cm³/mol. The quantitative estimate of drug-likeness (QED) is 0.591. The van der Waals surface area contributed by atoms with E-state index in [1.807, 2.05) is 0 Å². The number of hydrogen-bond donors (Lipinski definition) is 2. The van der Waals surface area contributed by atoms with Gasteiger partial charge in [-0.2, -0.15) is 0 Å². The van der Waals surface area contributed by atoms with Gasteiger partial charge in [0.05, 0.1) is 0 Å². The van der Waals surface area contributed by atoms with E-state index in [9.17, 15) is 0 Å². The molecule has 2 N–H and O–H groups in total. The first-order valence-corrected chi connectivity index (χ1v) is 4.79. The van der Waals surface area contributed by atoms with Crippen LogP contribution in [-0.4, -0.2) is 10.2 Å². The molecule has 0 amide bonds. The van der Waals surface area contributed by atoms with Crippen LogP contribution >= 0.6 is 0 Å². The molecule has 0 unspecified atom stereocenters. The van der Waals surface area contributed by atoms with Crippen molar-refractivity contribution in [2.45, 2.75) is 0 Å². The molecule has 4 heteroatoms. The molecule has 1 aromatic carbocycles. The zero-order valence-electron chi connectivity index (χ0n) is 3.71. The van der Waals surface area contributed by atoms with Crippen LogP contribution in [0.3, 0.4) is 0 Å². The average molecular weight is 450 g/mol. The van der Waals surface area contributed by atoms with E-state index in [-0.39, 0.29) is 11.5 Å². The van der Waals surface area contributed by atoms with Crippen molar-refractivity contribution in [3.8, 4) is 11.5 Å². The van der Waals surface area contributed by atoms with Gasteiger partial charge in [0.15, 0.2) is 0 Å². The van der Waals surface area contributed by atoms with Crippen LogP contribution in [0.15, 0.2) is 0 Å². The molecule has 0 aliphatic carbocycles. The van der Waals surface area contributed by atoms with Crippen molar-refractivity contribution in [1.82, 2.24) is 0 Å². The molecule has 0 aliphatic rings. The second kappa shape index (κ2) is 2.00. The fourth-order valence-electron chi connectivity index (χ4n) is 0.368. The summed E-state index contributed by atoms with van der Waals surface area (Å²) in [5.41, 5.74) is 0. The van der Waals surface area contributed by atoms with Crippen molar-refractivity contribution < 1.29 is 48.9 Å². The van der Waals surface area contributed by atoms with Gasteiger partial charge in [0.1, 0.15) is 0 Å². The van der Waals surface area contributed by atoms with E-state index in [1.54, 1.807) is 0 Å². The van der Waals surface area contributed by atoms with Crippen LogP contribution in [0.1, 0.15) is 0 Å². The first-order chi connectivity index (χ1) is 3.64. The number of hydrogen-bond acceptors (Lipinski definition) is 2. The molecule has 0 fully saturated rings. The summed E-state index contributed by atoms with van der Waals surface area (Å²) in [7, 11) is 0. The summed E-state index contributed by atoms with van der Waals surface area (Å²) in [5.74, 6) is 0.204. The van der Waals surface area contributed by atoms with Crippen LogP contribution in [-0.2, 0) is 38.7 Å². The van der Waals surface area contributed by atoms with Crippen molar-refractivity contribution in [2.75, 3.05) is 0 Å². The summed E-state index contributed by atoms with van der Waals surface area (Å²) >= 11 is 2.44. The minimum atomic E-state index is 0.102. The summed E-state index contributed by atoms with van der Waals surface area (Å²) in [6, 6.07) is 0. The molecule has 0 heterocycles. The van der Waals surface area contributed by atoms with E-state index in [1.165, 1.54) is 38.7 Å². The molecule has 0 bridgehead atoms. The molecule has 0 radical (unpaired) electrons. The SMILES string of the molecule is Oc1c(O)[c](=[W])[c]1=[W]. The van der Waals surface area contributed by atoms with Gasteiger partial charge in [-0.05, 0) is 0 Å². The second-order valence-corrected chi connectivity index (χ2v) is 4.29. The Morgan fingerprint density at radius 1 is 0.875 bits per heavy atom. The van der Waals surface area contributed by atoms with Crippen molar-refractivity contribution >= 4 is 0 Å². The van der Waals surface area contributed by atoms with Gasteiger partial charge in [-0.3, -0.25) is 0 Å². The molecule has 0 aliphatic heterocycles. The van der Waals surface area contributed by atoms with Crippen molar-refractivity contribution in [1.29, 1.82) is 0 Å². The van der Waals surface area contributed by atoms with E-state index in [4.69, 9.17) is 10.2 Å². The maximum atomic E-state index is 8.76. The van der Waals surface area contributed by atoms with E-state index >= 15 is 0 Å². The molecule has 0 spiro atoms. The Labute approximate surface area is 67.3 Å². The molecular formula is C4H2O2W2. The predicted octanol–water partition coefficient (Wildman–Crippen LogP) is 0.131. The van der Waals surface area contributed by atoms with Crippen molar-refractivity contribution in [2.24, 2.45) is 0 Å². The van der Waals surface area contributed by atoms with Crippen LogP contribution in [0.2, 0.25) is 0 Å². The summed E-state index contributed by atoms with van der Waals surface area (Å²) in [5, 5.41) is 17.5. The van der Waals surface area contributed by atoms with E-state index in [2.05, 4.69) is 0 Å². The Balaban J connectivity index is 3.48. The van der Waals surface area contributed by atoms with Gasteiger partial charge in [-0.25, -0.2) is 0 Å². The van der Waals surface area contributed by atoms with Crippen LogP contribution in [0.5, 0.6) is 11.5 Å². The number of rotatable bonds is 0. The zero-order valence-corrected chi connectivity index (χ0v) is 9.58. The summed E-state index contributed by atoms with van der Waals surface area (Å²) in [6.45, 7) is 0. The van der Waals surface area contributed by atoms with Crippen LogP contribution in [0.25, 0.3) is 0 Å². The van der Waals surface area contributed by atoms with Crippen LogP contribution in [0, 0.1) is 7.09 Å². The molecule has 8 heavy (non-hydrogen) atoms. The van der Waals surface area contributed by atoms with E-state index in [0.717, 1.165) is 7.09 Å². The minimum absolute atomic E-state index is 0.102. The third kappa shape index (κ3) is 0.710. The normalized spacial score (nSPS) is 10.0. The first-order valence-electron chi connectivity index (χ1n) is 1.86.